The lowest BCUT2D eigenvalue weighted by Crippen LogP contribution is -2.29. The van der Waals surface area contributed by atoms with E-state index in [0.717, 1.165) is 6.54 Å². The zero-order chi connectivity index (χ0) is 10.5. The van der Waals surface area contributed by atoms with Gasteiger partial charge in [0.2, 0.25) is 0 Å². The van der Waals surface area contributed by atoms with Crippen molar-refractivity contribution < 1.29 is 0 Å². The summed E-state index contributed by atoms with van der Waals surface area (Å²) in [4.78, 5) is 0. The van der Waals surface area contributed by atoms with Gasteiger partial charge in [0.1, 0.15) is 0 Å². The van der Waals surface area contributed by atoms with E-state index in [1.807, 2.05) is 0 Å². The number of nitrogens with one attached hydrogen (secondary N) is 1. The van der Waals surface area contributed by atoms with E-state index in [-0.39, 0.29) is 0 Å². The largest absolute Gasteiger partial charge is 0.310 e. The second kappa shape index (κ2) is 5.66. The van der Waals surface area contributed by atoms with Crippen molar-refractivity contribution in [1.82, 2.24) is 5.32 Å². The Bertz CT molecular complexity index is 329. The van der Waals surface area contributed by atoms with Gasteiger partial charge in [-0.25, -0.2) is 0 Å². The van der Waals surface area contributed by atoms with Gasteiger partial charge in [0.15, 0.2) is 0 Å². The number of rotatable bonds is 3. The third-order valence-electron chi connectivity index (χ3n) is 2.78. The first kappa shape index (κ1) is 11.1. The summed E-state index contributed by atoms with van der Waals surface area (Å²) >= 11 is 2.34. The van der Waals surface area contributed by atoms with Crippen LogP contribution in [0.2, 0.25) is 0 Å². The van der Waals surface area contributed by atoms with Crippen LogP contribution in [-0.2, 0) is 6.54 Å². The Morgan fingerprint density at radius 2 is 2.00 bits per heavy atom. The number of halogens is 1. The molecule has 1 aromatic rings. The van der Waals surface area contributed by atoms with Gasteiger partial charge in [0.25, 0.3) is 0 Å². The van der Waals surface area contributed by atoms with Crippen LogP contribution in [0.25, 0.3) is 0 Å². The lowest BCUT2D eigenvalue weighted by molar-refractivity contribution is 0.474. The van der Waals surface area contributed by atoms with Gasteiger partial charge < -0.3 is 5.32 Å². The Morgan fingerprint density at radius 1 is 1.20 bits per heavy atom. The van der Waals surface area contributed by atoms with Gasteiger partial charge in [-0.2, -0.15) is 0 Å². The predicted octanol–water partition coefficient (Wildman–Crippen LogP) is 3.49. The first-order chi connectivity index (χ1) is 7.34. The molecule has 0 bridgehead atoms. The average molecular weight is 313 g/mol. The minimum absolute atomic E-state index is 0.675. The van der Waals surface area contributed by atoms with E-state index in [9.17, 15) is 0 Å². The summed E-state index contributed by atoms with van der Waals surface area (Å²) in [7, 11) is 0. The molecule has 0 heterocycles. The van der Waals surface area contributed by atoms with Crippen LogP contribution in [0.15, 0.2) is 36.4 Å². The fraction of sp³-hybridized carbons (Fsp3) is 0.385. The molecule has 2 rings (SSSR count). The molecule has 0 aliphatic heterocycles. The van der Waals surface area contributed by atoms with E-state index in [1.54, 1.807) is 0 Å². The van der Waals surface area contributed by atoms with E-state index in [2.05, 4.69) is 64.3 Å². The van der Waals surface area contributed by atoms with Crippen molar-refractivity contribution in [2.24, 2.45) is 0 Å². The summed E-state index contributed by atoms with van der Waals surface area (Å²) in [5, 5.41) is 3.60. The number of hydrogen-bond acceptors (Lipinski definition) is 1. The Balaban J connectivity index is 1.82. The summed E-state index contributed by atoms with van der Waals surface area (Å²) in [6.07, 6.45) is 8.26. The molecule has 15 heavy (non-hydrogen) atoms. The Hall–Kier alpha value is -0.350. The summed E-state index contributed by atoms with van der Waals surface area (Å²) in [5.74, 6) is 0. The Labute approximate surface area is 105 Å². The van der Waals surface area contributed by atoms with Gasteiger partial charge in [-0.05, 0) is 59.5 Å². The molecule has 1 nitrogen and oxygen atoms in total. The number of hydrogen-bond donors (Lipinski definition) is 1. The minimum Gasteiger partial charge on any atom is -0.310 e. The molecule has 0 aromatic heterocycles. The van der Waals surface area contributed by atoms with Gasteiger partial charge in [-0.1, -0.05) is 24.3 Å². The fourth-order valence-corrected chi connectivity index (χ4v) is 2.20. The van der Waals surface area contributed by atoms with Gasteiger partial charge in [-0.3, -0.25) is 0 Å². The zero-order valence-electron chi connectivity index (χ0n) is 8.75. The number of benzene rings is 1. The van der Waals surface area contributed by atoms with Crippen LogP contribution >= 0.6 is 22.6 Å². The molecule has 0 saturated heterocycles. The molecule has 0 spiro atoms. The molecule has 1 unspecified atom stereocenters. The van der Waals surface area contributed by atoms with Crippen LogP contribution in [0.1, 0.15) is 24.8 Å². The zero-order valence-corrected chi connectivity index (χ0v) is 10.9. The van der Waals surface area contributed by atoms with Gasteiger partial charge in [0.05, 0.1) is 0 Å². The molecule has 1 atom stereocenters. The quantitative estimate of drug-likeness (QED) is 0.665. The van der Waals surface area contributed by atoms with Gasteiger partial charge in [0, 0.05) is 16.2 Å². The smallest absolute Gasteiger partial charge is 0.0208 e. The van der Waals surface area contributed by atoms with Gasteiger partial charge >= 0.3 is 0 Å². The van der Waals surface area contributed by atoms with Crippen molar-refractivity contribution >= 4 is 22.6 Å². The average Bonchev–Trinajstić information content (AvgIpc) is 2.30. The molecule has 2 heteroatoms. The van der Waals surface area contributed by atoms with Crippen molar-refractivity contribution in [3.8, 4) is 0 Å². The van der Waals surface area contributed by atoms with Crippen LogP contribution in [-0.4, -0.2) is 6.04 Å². The molecular weight excluding hydrogens is 297 g/mol. The highest BCUT2D eigenvalue weighted by molar-refractivity contribution is 14.1. The Morgan fingerprint density at radius 3 is 2.67 bits per heavy atom. The molecule has 1 aliphatic carbocycles. The molecule has 0 radical (unpaired) electrons. The maximum absolute atomic E-state index is 3.60. The third kappa shape index (κ3) is 3.61. The highest BCUT2D eigenvalue weighted by Crippen LogP contribution is 2.12. The fourth-order valence-electron chi connectivity index (χ4n) is 1.84. The predicted molar refractivity (Wildman–Crippen MR) is 72.8 cm³/mol. The maximum Gasteiger partial charge on any atom is 0.0208 e. The van der Waals surface area contributed by atoms with Crippen LogP contribution < -0.4 is 5.32 Å². The lowest BCUT2D eigenvalue weighted by atomic mass is 10.0. The second-order valence-corrected chi connectivity index (χ2v) is 5.23. The van der Waals surface area contributed by atoms with E-state index in [1.165, 1.54) is 28.4 Å². The molecule has 80 valence electrons. The standard InChI is InChI=1S/C13H16IN/c14-12-8-6-11(7-9-12)10-15-13-4-2-1-3-5-13/h1-2,6-9,13,15H,3-5,10H2. The van der Waals surface area contributed by atoms with Crippen molar-refractivity contribution in [1.29, 1.82) is 0 Å². The minimum atomic E-state index is 0.675. The van der Waals surface area contributed by atoms with Crippen LogP contribution in [0.5, 0.6) is 0 Å². The van der Waals surface area contributed by atoms with Crippen molar-refractivity contribution in [2.45, 2.75) is 31.8 Å². The second-order valence-electron chi connectivity index (χ2n) is 3.99. The van der Waals surface area contributed by atoms with Gasteiger partial charge in [-0.15, -0.1) is 0 Å². The van der Waals surface area contributed by atoms with E-state index >= 15 is 0 Å². The Kier molecular flexibility index (Phi) is 4.20. The molecular formula is C13H16IN. The van der Waals surface area contributed by atoms with Crippen LogP contribution in [0, 0.1) is 3.57 Å². The highest BCUT2D eigenvalue weighted by Gasteiger charge is 2.08. The molecule has 0 amide bonds. The van der Waals surface area contributed by atoms with Crippen molar-refractivity contribution in [3.05, 3.63) is 45.6 Å². The molecule has 0 fully saturated rings. The topological polar surface area (TPSA) is 12.0 Å². The highest BCUT2D eigenvalue weighted by atomic mass is 127. The first-order valence-electron chi connectivity index (χ1n) is 5.47. The first-order valence-corrected chi connectivity index (χ1v) is 6.55. The van der Waals surface area contributed by atoms with E-state index in [0.29, 0.717) is 6.04 Å². The SMILES string of the molecule is Ic1ccc(CNC2CC=CCC2)cc1. The van der Waals surface area contributed by atoms with Crippen molar-refractivity contribution in [2.75, 3.05) is 0 Å². The molecule has 1 N–H and O–H groups in total. The maximum atomic E-state index is 3.60. The molecule has 1 aromatic carbocycles. The summed E-state index contributed by atoms with van der Waals surface area (Å²) in [5.41, 5.74) is 1.38. The molecule has 0 saturated carbocycles. The monoisotopic (exact) mass is 313 g/mol. The molecule has 1 aliphatic rings. The lowest BCUT2D eigenvalue weighted by Gasteiger charge is -2.19. The normalized spacial score (nSPS) is 20.5. The third-order valence-corrected chi connectivity index (χ3v) is 3.50. The van der Waals surface area contributed by atoms with E-state index < -0.39 is 0 Å². The van der Waals surface area contributed by atoms with Crippen LogP contribution in [0.4, 0.5) is 0 Å². The summed E-state index contributed by atoms with van der Waals surface area (Å²) in [6.45, 7) is 0.995. The summed E-state index contributed by atoms with van der Waals surface area (Å²) < 4.78 is 1.30. The van der Waals surface area contributed by atoms with Crippen LogP contribution in [0.3, 0.4) is 0 Å². The summed E-state index contributed by atoms with van der Waals surface area (Å²) in [6, 6.07) is 9.41. The van der Waals surface area contributed by atoms with E-state index in [4.69, 9.17) is 0 Å². The van der Waals surface area contributed by atoms with Crippen molar-refractivity contribution in [3.63, 3.8) is 0 Å². The number of allylic oxidation sites excluding steroid dienone is 1.